The SMILES string of the molecule is COc1ccc(C=C2SC(=S)N(c3ccccc3)C2=O)cc1OCc1ccccc1[N+](=O)[O-]. The minimum absolute atomic E-state index is 0.00686. The Morgan fingerprint density at radius 3 is 2.52 bits per heavy atom. The fraction of sp³-hybridized carbons (Fsp3) is 0.0833. The van der Waals surface area contributed by atoms with Gasteiger partial charge in [-0.2, -0.15) is 0 Å². The number of hydrogen-bond donors (Lipinski definition) is 0. The fourth-order valence-corrected chi connectivity index (χ4v) is 4.58. The van der Waals surface area contributed by atoms with E-state index in [1.165, 1.54) is 29.8 Å². The second kappa shape index (κ2) is 9.85. The molecule has 1 heterocycles. The van der Waals surface area contributed by atoms with Crippen molar-refractivity contribution in [2.24, 2.45) is 0 Å². The molecule has 1 aliphatic heterocycles. The summed E-state index contributed by atoms with van der Waals surface area (Å²) in [6, 6.07) is 20.9. The monoisotopic (exact) mass is 478 g/mol. The Bertz CT molecular complexity index is 1260. The topological polar surface area (TPSA) is 81.9 Å². The van der Waals surface area contributed by atoms with Crippen LogP contribution in [0.15, 0.2) is 77.7 Å². The molecule has 1 fully saturated rings. The quantitative estimate of drug-likeness (QED) is 0.190. The molecule has 3 aromatic carbocycles. The molecule has 3 aromatic rings. The van der Waals surface area contributed by atoms with E-state index in [4.69, 9.17) is 21.7 Å². The molecule has 1 saturated heterocycles. The van der Waals surface area contributed by atoms with Gasteiger partial charge < -0.3 is 9.47 Å². The van der Waals surface area contributed by atoms with Crippen molar-refractivity contribution in [1.82, 2.24) is 0 Å². The Hall–Kier alpha value is -3.69. The van der Waals surface area contributed by atoms with Crippen molar-refractivity contribution in [2.75, 3.05) is 12.0 Å². The van der Waals surface area contributed by atoms with Crippen molar-refractivity contribution >= 4 is 51.7 Å². The second-order valence-electron chi connectivity index (χ2n) is 6.94. The second-order valence-corrected chi connectivity index (χ2v) is 8.61. The van der Waals surface area contributed by atoms with Crippen LogP contribution in [0.25, 0.3) is 6.08 Å². The van der Waals surface area contributed by atoms with Crippen LogP contribution in [0.2, 0.25) is 0 Å². The van der Waals surface area contributed by atoms with Gasteiger partial charge in [-0.3, -0.25) is 19.8 Å². The molecule has 0 aliphatic carbocycles. The van der Waals surface area contributed by atoms with Gasteiger partial charge in [0, 0.05) is 6.07 Å². The summed E-state index contributed by atoms with van der Waals surface area (Å²) < 4.78 is 11.7. The van der Waals surface area contributed by atoms with Crippen molar-refractivity contribution in [1.29, 1.82) is 0 Å². The van der Waals surface area contributed by atoms with Crippen LogP contribution >= 0.6 is 24.0 Å². The summed E-state index contributed by atoms with van der Waals surface area (Å²) in [5.74, 6) is 0.680. The predicted octanol–water partition coefficient (Wildman–Crippen LogP) is 5.59. The van der Waals surface area contributed by atoms with E-state index in [-0.39, 0.29) is 18.2 Å². The van der Waals surface area contributed by atoms with Gasteiger partial charge in [0.2, 0.25) is 0 Å². The van der Waals surface area contributed by atoms with E-state index in [2.05, 4.69) is 0 Å². The molecule has 9 heteroatoms. The number of ether oxygens (including phenoxy) is 2. The zero-order valence-electron chi connectivity index (χ0n) is 17.5. The van der Waals surface area contributed by atoms with E-state index in [0.717, 1.165) is 0 Å². The highest BCUT2D eigenvalue weighted by Crippen LogP contribution is 2.37. The van der Waals surface area contributed by atoms with E-state index in [1.807, 2.05) is 30.3 Å². The van der Waals surface area contributed by atoms with E-state index in [9.17, 15) is 14.9 Å². The molecule has 0 atom stereocenters. The van der Waals surface area contributed by atoms with Gasteiger partial charge in [-0.1, -0.05) is 60.4 Å². The number of anilines is 1. The van der Waals surface area contributed by atoms with Crippen LogP contribution in [0.3, 0.4) is 0 Å². The summed E-state index contributed by atoms with van der Waals surface area (Å²) in [5.41, 5.74) is 1.85. The lowest BCUT2D eigenvalue weighted by atomic mass is 10.1. The first-order chi connectivity index (χ1) is 16.0. The molecule has 4 rings (SSSR count). The van der Waals surface area contributed by atoms with Gasteiger partial charge in [-0.05, 0) is 42.0 Å². The Morgan fingerprint density at radius 1 is 1.06 bits per heavy atom. The van der Waals surface area contributed by atoms with E-state index in [1.54, 1.807) is 42.5 Å². The lowest BCUT2D eigenvalue weighted by Gasteiger charge is -2.14. The number of amides is 1. The van der Waals surface area contributed by atoms with Crippen LogP contribution in [0.4, 0.5) is 11.4 Å². The molecule has 1 aliphatic rings. The highest BCUT2D eigenvalue weighted by molar-refractivity contribution is 8.27. The number of rotatable bonds is 7. The summed E-state index contributed by atoms with van der Waals surface area (Å²) in [4.78, 5) is 25.8. The molecule has 33 heavy (non-hydrogen) atoms. The summed E-state index contributed by atoms with van der Waals surface area (Å²) >= 11 is 6.64. The van der Waals surface area contributed by atoms with Gasteiger partial charge in [0.25, 0.3) is 11.6 Å². The average Bonchev–Trinajstić information content (AvgIpc) is 3.11. The third-order valence-electron chi connectivity index (χ3n) is 4.87. The maximum Gasteiger partial charge on any atom is 0.276 e. The Morgan fingerprint density at radius 2 is 1.79 bits per heavy atom. The zero-order valence-corrected chi connectivity index (χ0v) is 19.1. The number of nitrogens with zero attached hydrogens (tertiary/aromatic N) is 2. The summed E-state index contributed by atoms with van der Waals surface area (Å²) in [7, 11) is 1.51. The van der Waals surface area contributed by atoms with Gasteiger partial charge in [-0.25, -0.2) is 0 Å². The van der Waals surface area contributed by atoms with Crippen LogP contribution in [0.1, 0.15) is 11.1 Å². The molecule has 0 N–H and O–H groups in total. The number of thiocarbonyl (C=S) groups is 1. The van der Waals surface area contributed by atoms with Crippen molar-refractivity contribution in [3.63, 3.8) is 0 Å². The van der Waals surface area contributed by atoms with Crippen LogP contribution in [-0.2, 0) is 11.4 Å². The van der Waals surface area contributed by atoms with Crippen LogP contribution in [0, 0.1) is 10.1 Å². The Kier molecular flexibility index (Phi) is 6.71. The van der Waals surface area contributed by atoms with Crippen molar-refractivity contribution in [2.45, 2.75) is 6.61 Å². The molecule has 0 unspecified atom stereocenters. The van der Waals surface area contributed by atoms with Crippen molar-refractivity contribution in [3.8, 4) is 11.5 Å². The van der Waals surface area contributed by atoms with E-state index >= 15 is 0 Å². The minimum Gasteiger partial charge on any atom is -0.493 e. The van der Waals surface area contributed by atoms with Gasteiger partial charge >= 0.3 is 0 Å². The number of hydrogen-bond acceptors (Lipinski definition) is 7. The number of benzene rings is 3. The Labute approximate surface area is 199 Å². The highest BCUT2D eigenvalue weighted by atomic mass is 32.2. The van der Waals surface area contributed by atoms with Gasteiger partial charge in [-0.15, -0.1) is 0 Å². The number of nitro groups is 1. The Balaban J connectivity index is 1.58. The largest absolute Gasteiger partial charge is 0.493 e. The fourth-order valence-electron chi connectivity index (χ4n) is 3.28. The average molecular weight is 479 g/mol. The van der Waals surface area contributed by atoms with Gasteiger partial charge in [0.05, 0.1) is 28.2 Å². The lowest BCUT2D eigenvalue weighted by molar-refractivity contribution is -0.385. The highest BCUT2D eigenvalue weighted by Gasteiger charge is 2.33. The zero-order chi connectivity index (χ0) is 23.4. The normalized spacial score (nSPS) is 14.6. The lowest BCUT2D eigenvalue weighted by Crippen LogP contribution is -2.27. The molecule has 166 valence electrons. The summed E-state index contributed by atoms with van der Waals surface area (Å²) in [5, 5.41) is 11.3. The molecule has 0 radical (unpaired) electrons. The number of carbonyl (C=O) groups excluding carboxylic acids is 1. The maximum atomic E-state index is 13.0. The van der Waals surface area contributed by atoms with Crippen LogP contribution < -0.4 is 14.4 Å². The smallest absolute Gasteiger partial charge is 0.276 e. The predicted molar refractivity (Wildman–Crippen MR) is 133 cm³/mol. The summed E-state index contributed by atoms with van der Waals surface area (Å²) in [6.45, 7) is -0.00686. The maximum absolute atomic E-state index is 13.0. The first-order valence-corrected chi connectivity index (χ1v) is 11.1. The molecular weight excluding hydrogens is 460 g/mol. The number of para-hydroxylation sites is 2. The first-order valence-electron chi connectivity index (χ1n) is 9.84. The number of methoxy groups -OCH3 is 1. The number of nitro benzene ring substituents is 1. The molecule has 7 nitrogen and oxygen atoms in total. The minimum atomic E-state index is -0.443. The number of carbonyl (C=O) groups is 1. The standard InChI is InChI=1S/C24H18N2O5S2/c1-30-20-12-11-16(13-21(20)31-15-17-7-5-6-10-19(17)26(28)29)14-22-23(27)25(24(32)33-22)18-8-3-2-4-9-18/h2-14H,15H2,1H3. The third kappa shape index (κ3) is 4.89. The molecule has 0 aromatic heterocycles. The first kappa shape index (κ1) is 22.5. The summed E-state index contributed by atoms with van der Waals surface area (Å²) in [6.07, 6.45) is 1.74. The molecule has 1 amide bonds. The molecular formula is C24H18N2O5S2. The molecule has 0 bridgehead atoms. The van der Waals surface area contributed by atoms with E-state index < -0.39 is 4.92 Å². The number of thioether (sulfide) groups is 1. The van der Waals surface area contributed by atoms with Crippen molar-refractivity contribution < 1.29 is 19.2 Å². The van der Waals surface area contributed by atoms with Gasteiger partial charge in [0.1, 0.15) is 6.61 Å². The van der Waals surface area contributed by atoms with Gasteiger partial charge in [0.15, 0.2) is 15.8 Å². The molecule has 0 saturated carbocycles. The van der Waals surface area contributed by atoms with E-state index in [0.29, 0.717) is 37.5 Å². The molecule has 0 spiro atoms. The van der Waals surface area contributed by atoms with Crippen molar-refractivity contribution in [3.05, 3.63) is 98.9 Å². The van der Waals surface area contributed by atoms with Crippen LogP contribution in [0.5, 0.6) is 11.5 Å². The third-order valence-corrected chi connectivity index (χ3v) is 6.17. The van der Waals surface area contributed by atoms with Crippen LogP contribution in [-0.4, -0.2) is 22.3 Å².